The first-order chi connectivity index (χ1) is 9.04. The zero-order valence-corrected chi connectivity index (χ0v) is 13.8. The summed E-state index contributed by atoms with van der Waals surface area (Å²) in [7, 11) is 0. The number of benzene rings is 1. The molecule has 0 heterocycles. The molecule has 1 N–H and O–H groups in total. The van der Waals surface area contributed by atoms with Crippen molar-refractivity contribution in [3.8, 4) is 0 Å². The fourth-order valence-corrected chi connectivity index (χ4v) is 2.71. The van der Waals surface area contributed by atoms with E-state index in [4.69, 9.17) is 0 Å². The first kappa shape index (κ1) is 16.5. The van der Waals surface area contributed by atoms with Crippen molar-refractivity contribution in [3.05, 3.63) is 29.8 Å². The van der Waals surface area contributed by atoms with Crippen LogP contribution in [0.5, 0.6) is 0 Å². The van der Waals surface area contributed by atoms with E-state index in [1.807, 2.05) is 0 Å². The van der Waals surface area contributed by atoms with Crippen LogP contribution in [0.15, 0.2) is 29.2 Å². The Labute approximate surface area is 123 Å². The van der Waals surface area contributed by atoms with Crippen molar-refractivity contribution < 1.29 is 0 Å². The van der Waals surface area contributed by atoms with Crippen molar-refractivity contribution >= 4 is 11.8 Å². The van der Waals surface area contributed by atoms with Crippen LogP contribution in [-0.2, 0) is 6.54 Å². The molecule has 0 amide bonds. The minimum Gasteiger partial charge on any atom is -0.311 e. The summed E-state index contributed by atoms with van der Waals surface area (Å²) in [5.41, 5.74) is 1.36. The van der Waals surface area contributed by atoms with Gasteiger partial charge in [0.1, 0.15) is 0 Å². The van der Waals surface area contributed by atoms with Crippen LogP contribution in [0.1, 0.15) is 33.3 Å². The number of hydrogen-bond acceptors (Lipinski definition) is 3. The molecule has 0 unspecified atom stereocenters. The highest BCUT2D eigenvalue weighted by Crippen LogP contribution is 2.14. The Kier molecular flexibility index (Phi) is 7.51. The van der Waals surface area contributed by atoms with Crippen molar-refractivity contribution in [2.45, 2.75) is 51.2 Å². The second kappa shape index (κ2) is 8.62. The smallest absolute Gasteiger partial charge is 0.0206 e. The van der Waals surface area contributed by atoms with Gasteiger partial charge < -0.3 is 5.32 Å². The summed E-state index contributed by atoms with van der Waals surface area (Å²) in [5.74, 6) is 0. The van der Waals surface area contributed by atoms with E-state index in [0.29, 0.717) is 12.1 Å². The molecule has 108 valence electrons. The van der Waals surface area contributed by atoms with E-state index in [-0.39, 0.29) is 0 Å². The van der Waals surface area contributed by atoms with Gasteiger partial charge in [-0.1, -0.05) is 12.1 Å². The molecule has 0 aromatic heterocycles. The number of rotatable bonds is 8. The Hall–Kier alpha value is -0.510. The van der Waals surface area contributed by atoms with Gasteiger partial charge in [0.2, 0.25) is 0 Å². The third-order valence-electron chi connectivity index (χ3n) is 3.36. The van der Waals surface area contributed by atoms with Crippen LogP contribution in [0, 0.1) is 0 Å². The lowest BCUT2D eigenvalue weighted by Gasteiger charge is -2.30. The topological polar surface area (TPSA) is 15.3 Å². The Morgan fingerprint density at radius 3 is 2.11 bits per heavy atom. The van der Waals surface area contributed by atoms with E-state index < -0.39 is 0 Å². The van der Waals surface area contributed by atoms with Crippen LogP contribution < -0.4 is 5.32 Å². The zero-order chi connectivity index (χ0) is 14.3. The van der Waals surface area contributed by atoms with Gasteiger partial charge in [0.25, 0.3) is 0 Å². The molecule has 3 heteroatoms. The molecule has 1 aromatic carbocycles. The lowest BCUT2D eigenvalue weighted by atomic mass is 10.2. The Morgan fingerprint density at radius 2 is 1.63 bits per heavy atom. The molecule has 19 heavy (non-hydrogen) atoms. The molecule has 0 fully saturated rings. The normalized spacial score (nSPS) is 11.8. The van der Waals surface area contributed by atoms with Crippen molar-refractivity contribution in [2.75, 3.05) is 19.3 Å². The molecule has 1 rings (SSSR count). The van der Waals surface area contributed by atoms with E-state index in [1.54, 1.807) is 11.8 Å². The molecule has 0 aliphatic rings. The lowest BCUT2D eigenvalue weighted by molar-refractivity contribution is 0.176. The van der Waals surface area contributed by atoms with Crippen molar-refractivity contribution in [2.24, 2.45) is 0 Å². The lowest BCUT2D eigenvalue weighted by Crippen LogP contribution is -2.41. The molecule has 1 aromatic rings. The van der Waals surface area contributed by atoms with Gasteiger partial charge in [0, 0.05) is 36.6 Å². The van der Waals surface area contributed by atoms with Gasteiger partial charge in [-0.3, -0.25) is 4.90 Å². The maximum atomic E-state index is 3.53. The summed E-state index contributed by atoms with van der Waals surface area (Å²) in [6, 6.07) is 10.0. The summed E-state index contributed by atoms with van der Waals surface area (Å²) in [6.45, 7) is 12.2. The third kappa shape index (κ3) is 5.98. The Balaban J connectivity index is 2.29. The van der Waals surface area contributed by atoms with Gasteiger partial charge in [0.15, 0.2) is 0 Å². The van der Waals surface area contributed by atoms with Gasteiger partial charge in [-0.2, -0.15) is 0 Å². The second-order valence-corrected chi connectivity index (χ2v) is 6.33. The molecule has 0 saturated carbocycles. The quantitative estimate of drug-likeness (QED) is 0.578. The monoisotopic (exact) mass is 280 g/mol. The number of nitrogens with zero attached hydrogens (tertiary/aromatic N) is 1. The Bertz CT molecular complexity index is 338. The molecular formula is C16H28N2S. The van der Waals surface area contributed by atoms with Gasteiger partial charge in [0.05, 0.1) is 0 Å². The summed E-state index contributed by atoms with van der Waals surface area (Å²) in [6.07, 6.45) is 2.11. The van der Waals surface area contributed by atoms with Gasteiger partial charge >= 0.3 is 0 Å². The highest BCUT2D eigenvalue weighted by atomic mass is 32.2. The highest BCUT2D eigenvalue weighted by Gasteiger charge is 2.11. The summed E-state index contributed by atoms with van der Waals surface area (Å²) in [4.78, 5) is 3.85. The Morgan fingerprint density at radius 1 is 1.05 bits per heavy atom. The fourth-order valence-electron chi connectivity index (χ4n) is 2.30. The van der Waals surface area contributed by atoms with Crippen LogP contribution in [0.25, 0.3) is 0 Å². The fraction of sp³-hybridized carbons (Fsp3) is 0.625. The van der Waals surface area contributed by atoms with E-state index in [1.165, 1.54) is 10.5 Å². The molecule has 0 radical (unpaired) electrons. The molecule has 0 aliphatic carbocycles. The standard InChI is InChI=1S/C16H28N2S/c1-13(2)18(14(3)4)11-10-17-12-15-6-8-16(19-5)9-7-15/h6-9,13-14,17H,10-12H2,1-5H3. The SMILES string of the molecule is CSc1ccc(CNCCN(C(C)C)C(C)C)cc1. The van der Waals surface area contributed by atoms with Crippen LogP contribution in [0.3, 0.4) is 0 Å². The minimum atomic E-state index is 0.614. The van der Waals surface area contributed by atoms with Gasteiger partial charge in [-0.05, 0) is 51.6 Å². The number of hydrogen-bond donors (Lipinski definition) is 1. The predicted molar refractivity (Wildman–Crippen MR) is 86.9 cm³/mol. The number of thioether (sulfide) groups is 1. The summed E-state index contributed by atoms with van der Waals surface area (Å²) < 4.78 is 0. The summed E-state index contributed by atoms with van der Waals surface area (Å²) >= 11 is 1.79. The molecule has 0 aliphatic heterocycles. The molecule has 0 atom stereocenters. The van der Waals surface area contributed by atoms with Crippen LogP contribution in [0.4, 0.5) is 0 Å². The molecule has 0 spiro atoms. The van der Waals surface area contributed by atoms with Crippen molar-refractivity contribution in [1.82, 2.24) is 10.2 Å². The van der Waals surface area contributed by atoms with Crippen LogP contribution >= 0.6 is 11.8 Å². The van der Waals surface area contributed by atoms with E-state index in [9.17, 15) is 0 Å². The predicted octanol–water partition coefficient (Wildman–Crippen LogP) is 3.62. The maximum Gasteiger partial charge on any atom is 0.0206 e. The van der Waals surface area contributed by atoms with E-state index in [2.05, 4.69) is 68.4 Å². The van der Waals surface area contributed by atoms with Crippen LogP contribution in [0.2, 0.25) is 0 Å². The highest BCUT2D eigenvalue weighted by molar-refractivity contribution is 7.98. The molecule has 0 saturated heterocycles. The second-order valence-electron chi connectivity index (χ2n) is 5.45. The molecule has 0 bridgehead atoms. The average Bonchev–Trinajstić information content (AvgIpc) is 2.38. The average molecular weight is 280 g/mol. The molecular weight excluding hydrogens is 252 g/mol. The van der Waals surface area contributed by atoms with Gasteiger partial charge in [-0.15, -0.1) is 11.8 Å². The van der Waals surface area contributed by atoms with E-state index >= 15 is 0 Å². The summed E-state index contributed by atoms with van der Waals surface area (Å²) in [5, 5.41) is 3.53. The largest absolute Gasteiger partial charge is 0.311 e. The molecule has 2 nitrogen and oxygen atoms in total. The number of nitrogens with one attached hydrogen (secondary N) is 1. The van der Waals surface area contributed by atoms with Crippen molar-refractivity contribution in [1.29, 1.82) is 0 Å². The van der Waals surface area contributed by atoms with Crippen LogP contribution in [-0.4, -0.2) is 36.3 Å². The van der Waals surface area contributed by atoms with E-state index in [0.717, 1.165) is 19.6 Å². The zero-order valence-electron chi connectivity index (χ0n) is 12.9. The van der Waals surface area contributed by atoms with Gasteiger partial charge in [-0.25, -0.2) is 0 Å². The van der Waals surface area contributed by atoms with Crippen molar-refractivity contribution in [3.63, 3.8) is 0 Å². The minimum absolute atomic E-state index is 0.614. The third-order valence-corrected chi connectivity index (χ3v) is 4.11. The maximum absolute atomic E-state index is 3.53. The first-order valence-corrected chi connectivity index (χ1v) is 8.36. The first-order valence-electron chi connectivity index (χ1n) is 7.14.